The molecule has 0 radical (unpaired) electrons. The third-order valence-corrected chi connectivity index (χ3v) is 5.98. The Balaban J connectivity index is 1.76. The lowest BCUT2D eigenvalue weighted by atomic mass is 10.1. The van der Waals surface area contributed by atoms with Gasteiger partial charge in [0.1, 0.15) is 5.71 Å². The second-order valence-electron chi connectivity index (χ2n) is 6.96. The lowest BCUT2D eigenvalue weighted by Gasteiger charge is -2.17. The zero-order valence-corrected chi connectivity index (χ0v) is 18.1. The van der Waals surface area contributed by atoms with E-state index < -0.39 is 0 Å². The second kappa shape index (κ2) is 8.17. The summed E-state index contributed by atoms with van der Waals surface area (Å²) >= 11 is 1.78. The molecular formula is C23H25N5S. The van der Waals surface area contributed by atoms with Gasteiger partial charge in [0.25, 0.3) is 5.96 Å². The quantitative estimate of drug-likeness (QED) is 0.591. The van der Waals surface area contributed by atoms with Crippen LogP contribution in [0.15, 0.2) is 64.2 Å². The molecule has 29 heavy (non-hydrogen) atoms. The lowest BCUT2D eigenvalue weighted by Crippen LogP contribution is -2.20. The first-order valence-corrected chi connectivity index (χ1v) is 10.7. The number of nitrogens with zero attached hydrogens (tertiary/aromatic N) is 5. The Labute approximate surface area is 175 Å². The van der Waals surface area contributed by atoms with Gasteiger partial charge in [0.15, 0.2) is 0 Å². The lowest BCUT2D eigenvalue weighted by molar-refractivity contribution is 0.873. The molecule has 0 fully saturated rings. The number of hydrogen-bond donors (Lipinski definition) is 0. The maximum atomic E-state index is 4.85. The molecule has 2 aromatic heterocycles. The second-order valence-corrected chi connectivity index (χ2v) is 8.05. The molecular weight excluding hydrogens is 378 g/mol. The molecule has 4 rings (SSSR count). The van der Waals surface area contributed by atoms with Crippen molar-refractivity contribution in [2.75, 3.05) is 18.0 Å². The Morgan fingerprint density at radius 2 is 1.76 bits per heavy atom. The number of benzene rings is 1. The minimum absolute atomic E-state index is 0.612. The van der Waals surface area contributed by atoms with Crippen molar-refractivity contribution in [3.05, 3.63) is 76.1 Å². The van der Waals surface area contributed by atoms with Crippen LogP contribution in [-0.2, 0) is 0 Å². The highest BCUT2D eigenvalue weighted by molar-refractivity contribution is 7.17. The van der Waals surface area contributed by atoms with Crippen LogP contribution in [0, 0.1) is 13.8 Å². The van der Waals surface area contributed by atoms with Gasteiger partial charge in [-0.05, 0) is 52.0 Å². The number of aromatic nitrogens is 2. The normalized spacial score (nSPS) is 15.0. The number of allylic oxidation sites excluding steroid dienone is 1. The fourth-order valence-electron chi connectivity index (χ4n) is 3.44. The van der Waals surface area contributed by atoms with Gasteiger partial charge in [-0.3, -0.25) is 0 Å². The van der Waals surface area contributed by atoms with Crippen molar-refractivity contribution in [2.45, 2.75) is 27.7 Å². The van der Waals surface area contributed by atoms with Crippen molar-refractivity contribution in [3.63, 3.8) is 0 Å². The van der Waals surface area contributed by atoms with Crippen molar-refractivity contribution in [2.24, 2.45) is 9.98 Å². The molecule has 148 valence electrons. The summed E-state index contributed by atoms with van der Waals surface area (Å²) in [6.07, 6.45) is 2.13. The summed E-state index contributed by atoms with van der Waals surface area (Å²) in [5.74, 6) is 0.612. The van der Waals surface area contributed by atoms with Crippen LogP contribution in [0.25, 0.3) is 6.08 Å². The highest BCUT2D eigenvalue weighted by Gasteiger charge is 2.21. The Kier molecular flexibility index (Phi) is 5.45. The topological polar surface area (TPSA) is 45.8 Å². The van der Waals surface area contributed by atoms with Gasteiger partial charge in [-0.2, -0.15) is 5.10 Å². The zero-order valence-electron chi connectivity index (χ0n) is 17.3. The minimum Gasteiger partial charge on any atom is -0.364 e. The van der Waals surface area contributed by atoms with Gasteiger partial charge in [-0.25, -0.2) is 14.7 Å². The van der Waals surface area contributed by atoms with E-state index in [2.05, 4.69) is 54.2 Å². The average molecular weight is 404 g/mol. The third-order valence-electron chi connectivity index (χ3n) is 4.89. The van der Waals surface area contributed by atoms with Crippen LogP contribution in [0.3, 0.4) is 0 Å². The summed E-state index contributed by atoms with van der Waals surface area (Å²) in [4.78, 5) is 13.2. The first-order chi connectivity index (χ1) is 14.1. The van der Waals surface area contributed by atoms with E-state index in [9.17, 15) is 0 Å². The van der Waals surface area contributed by atoms with E-state index >= 15 is 0 Å². The summed E-state index contributed by atoms with van der Waals surface area (Å²) in [6, 6.07) is 16.6. The molecule has 1 aliphatic heterocycles. The van der Waals surface area contributed by atoms with Crippen molar-refractivity contribution >= 4 is 34.1 Å². The van der Waals surface area contributed by atoms with E-state index in [1.54, 1.807) is 11.3 Å². The summed E-state index contributed by atoms with van der Waals surface area (Å²) in [5.41, 5.74) is 4.79. The van der Waals surface area contributed by atoms with E-state index in [4.69, 9.17) is 9.98 Å². The minimum atomic E-state index is 0.612. The molecule has 0 unspecified atom stereocenters. The Morgan fingerprint density at radius 3 is 2.41 bits per heavy atom. The van der Waals surface area contributed by atoms with Crippen LogP contribution < -0.4 is 4.90 Å². The Morgan fingerprint density at radius 1 is 1.00 bits per heavy atom. The van der Waals surface area contributed by atoms with Crippen molar-refractivity contribution in [3.8, 4) is 0 Å². The summed E-state index contributed by atoms with van der Waals surface area (Å²) in [5, 5.41) is 5.84. The summed E-state index contributed by atoms with van der Waals surface area (Å²) < 4.78 is 1.81. The molecule has 0 N–H and O–H groups in total. The van der Waals surface area contributed by atoms with Crippen molar-refractivity contribution < 1.29 is 0 Å². The van der Waals surface area contributed by atoms with Gasteiger partial charge >= 0.3 is 0 Å². The van der Waals surface area contributed by atoms with Gasteiger partial charge < -0.3 is 4.90 Å². The first-order valence-electron chi connectivity index (χ1n) is 9.92. The maximum absolute atomic E-state index is 4.85. The monoisotopic (exact) mass is 403 g/mol. The predicted molar refractivity (Wildman–Crippen MR) is 123 cm³/mol. The number of aryl methyl sites for hydroxylation is 2. The molecule has 0 aliphatic carbocycles. The molecule has 1 aromatic carbocycles. The molecule has 0 spiro atoms. The van der Waals surface area contributed by atoms with Gasteiger partial charge in [0.05, 0.1) is 16.4 Å². The van der Waals surface area contributed by atoms with Crippen LogP contribution in [-0.4, -0.2) is 34.5 Å². The average Bonchev–Trinajstić information content (AvgIpc) is 3.43. The van der Waals surface area contributed by atoms with E-state index in [0.717, 1.165) is 41.4 Å². The molecule has 0 saturated carbocycles. The third kappa shape index (κ3) is 3.93. The molecule has 3 aromatic rings. The van der Waals surface area contributed by atoms with Gasteiger partial charge in [0, 0.05) is 29.2 Å². The van der Waals surface area contributed by atoms with Gasteiger partial charge in [-0.1, -0.05) is 30.3 Å². The smallest absolute Gasteiger partial charge is 0.252 e. The molecule has 1 aliphatic rings. The van der Waals surface area contributed by atoms with Gasteiger partial charge in [0.2, 0.25) is 0 Å². The Hall–Kier alpha value is -2.99. The SMILES string of the molecule is CCN(CC)c1ccc(C=C2N=C(n3nc(C)cc3C)N=C2c2ccccc2)s1. The number of hydrogen-bond acceptors (Lipinski definition) is 5. The van der Waals surface area contributed by atoms with Crippen molar-refractivity contribution in [1.82, 2.24) is 9.78 Å². The molecule has 0 bridgehead atoms. The van der Waals surface area contributed by atoms with Crippen LogP contribution in [0.4, 0.5) is 5.00 Å². The standard InChI is InChI=1S/C23H25N5S/c1-5-27(6-2)21-13-12-19(29-21)15-20-22(18-10-8-7-9-11-18)25-23(24-20)28-17(4)14-16(3)26-28/h7-15H,5-6H2,1-4H3. The van der Waals surface area contributed by atoms with E-state index in [-0.39, 0.29) is 0 Å². The molecule has 0 amide bonds. The molecule has 0 saturated heterocycles. The Bertz CT molecular complexity index is 1100. The highest BCUT2D eigenvalue weighted by atomic mass is 32.1. The van der Waals surface area contributed by atoms with E-state index in [1.807, 2.05) is 42.8 Å². The van der Waals surface area contributed by atoms with E-state index in [1.165, 1.54) is 9.88 Å². The van der Waals surface area contributed by atoms with Crippen LogP contribution in [0.5, 0.6) is 0 Å². The number of aliphatic imine (C=N–C) groups is 2. The largest absolute Gasteiger partial charge is 0.364 e. The number of anilines is 1. The first kappa shape index (κ1) is 19.3. The maximum Gasteiger partial charge on any atom is 0.252 e. The van der Waals surface area contributed by atoms with Crippen LogP contribution in [0.1, 0.15) is 35.7 Å². The van der Waals surface area contributed by atoms with Crippen molar-refractivity contribution in [1.29, 1.82) is 0 Å². The fourth-order valence-corrected chi connectivity index (χ4v) is 4.51. The molecule has 3 heterocycles. The number of thiophene rings is 1. The predicted octanol–water partition coefficient (Wildman–Crippen LogP) is 5.16. The van der Waals surface area contributed by atoms with Crippen LogP contribution in [0.2, 0.25) is 0 Å². The number of rotatable bonds is 5. The molecule has 0 atom stereocenters. The summed E-state index contributed by atoms with van der Waals surface area (Å²) in [7, 11) is 0. The zero-order chi connectivity index (χ0) is 20.4. The van der Waals surface area contributed by atoms with Gasteiger partial charge in [-0.15, -0.1) is 11.3 Å². The van der Waals surface area contributed by atoms with Crippen LogP contribution >= 0.6 is 11.3 Å². The van der Waals surface area contributed by atoms with E-state index in [0.29, 0.717) is 5.96 Å². The summed E-state index contributed by atoms with van der Waals surface area (Å²) in [6.45, 7) is 10.4. The fraction of sp³-hybridized carbons (Fsp3) is 0.261. The molecule has 6 heteroatoms. The molecule has 5 nitrogen and oxygen atoms in total. The highest BCUT2D eigenvalue weighted by Crippen LogP contribution is 2.29.